The Balaban J connectivity index is 2.58. The fourth-order valence-electron chi connectivity index (χ4n) is 4.53. The molecule has 242 valence electrons. The second-order valence-corrected chi connectivity index (χ2v) is 13.3. The summed E-state index contributed by atoms with van der Waals surface area (Å²) >= 11 is 0. The van der Waals surface area contributed by atoms with E-state index >= 15 is 0 Å². The van der Waals surface area contributed by atoms with Gasteiger partial charge in [-0.2, -0.15) is 0 Å². The first kappa shape index (κ1) is 36.3. The van der Waals surface area contributed by atoms with Crippen LogP contribution in [-0.2, 0) is 30.3 Å². The van der Waals surface area contributed by atoms with Crippen LogP contribution in [0.3, 0.4) is 0 Å². The van der Waals surface area contributed by atoms with Crippen molar-refractivity contribution in [3.05, 3.63) is 70.8 Å². The van der Waals surface area contributed by atoms with E-state index in [1.54, 1.807) is 61.5 Å². The molecule has 3 unspecified atom stereocenters. The quantitative estimate of drug-likeness (QED) is 0.318. The van der Waals surface area contributed by atoms with Crippen molar-refractivity contribution in [2.24, 2.45) is 0 Å². The number of carbonyl (C=O) groups excluding carboxylic acids is 4. The highest BCUT2D eigenvalue weighted by Crippen LogP contribution is 2.27. The smallest absolute Gasteiger partial charge is 0.408 e. The third-order valence-electron chi connectivity index (χ3n) is 6.65. The molecule has 0 aliphatic rings. The van der Waals surface area contributed by atoms with Crippen LogP contribution in [-0.4, -0.2) is 69.8 Å². The zero-order valence-electron chi connectivity index (χ0n) is 27.7. The molecule has 10 heteroatoms. The van der Waals surface area contributed by atoms with Gasteiger partial charge in [-0.25, -0.2) is 9.59 Å². The highest BCUT2D eigenvalue weighted by atomic mass is 16.6. The van der Waals surface area contributed by atoms with Crippen molar-refractivity contribution in [1.29, 1.82) is 0 Å². The van der Waals surface area contributed by atoms with Gasteiger partial charge < -0.3 is 30.1 Å². The molecule has 0 fully saturated rings. The van der Waals surface area contributed by atoms with Gasteiger partial charge in [0.15, 0.2) is 0 Å². The largest absolute Gasteiger partial charge is 0.458 e. The molecule has 0 aliphatic heterocycles. The Morgan fingerprint density at radius 3 is 1.91 bits per heavy atom. The van der Waals surface area contributed by atoms with Crippen molar-refractivity contribution in [2.75, 3.05) is 6.61 Å². The maximum Gasteiger partial charge on any atom is 0.408 e. The molecule has 0 saturated heterocycles. The van der Waals surface area contributed by atoms with Crippen LogP contribution in [0.2, 0.25) is 0 Å². The predicted octanol–water partition coefficient (Wildman–Crippen LogP) is 4.54. The van der Waals surface area contributed by atoms with Gasteiger partial charge in [0.05, 0.1) is 6.61 Å². The fourth-order valence-corrected chi connectivity index (χ4v) is 4.53. The number of alkyl carbamates (subject to hydrolysis) is 1. The third-order valence-corrected chi connectivity index (χ3v) is 6.65. The molecule has 3 atom stereocenters. The lowest BCUT2D eigenvalue weighted by molar-refractivity contribution is -0.159. The average molecular weight is 612 g/mol. The van der Waals surface area contributed by atoms with Crippen molar-refractivity contribution in [3.63, 3.8) is 0 Å². The van der Waals surface area contributed by atoms with Gasteiger partial charge in [0.2, 0.25) is 11.8 Å². The van der Waals surface area contributed by atoms with Gasteiger partial charge in [0.1, 0.15) is 29.3 Å². The van der Waals surface area contributed by atoms with Gasteiger partial charge in [-0.3, -0.25) is 9.59 Å². The van der Waals surface area contributed by atoms with Gasteiger partial charge in [0.25, 0.3) is 0 Å². The predicted molar refractivity (Wildman–Crippen MR) is 169 cm³/mol. The van der Waals surface area contributed by atoms with E-state index < -0.39 is 65.9 Å². The number of hydrogen-bond acceptors (Lipinski definition) is 7. The van der Waals surface area contributed by atoms with Crippen LogP contribution in [0, 0.1) is 13.8 Å². The number of esters is 1. The van der Waals surface area contributed by atoms with Crippen LogP contribution in [0.4, 0.5) is 4.79 Å². The van der Waals surface area contributed by atoms with E-state index in [0.29, 0.717) is 5.56 Å². The van der Waals surface area contributed by atoms with Gasteiger partial charge in [-0.15, -0.1) is 0 Å². The molecular formula is C34H49N3O7. The number of amides is 3. The van der Waals surface area contributed by atoms with Crippen LogP contribution in [0.1, 0.15) is 83.7 Å². The molecule has 0 aromatic heterocycles. The van der Waals surface area contributed by atoms with E-state index in [1.165, 1.54) is 4.90 Å². The number of rotatable bonds is 11. The SMILES string of the molecule is Cc1ccc(C(C(=O)NC(Cc2ccccc2)C(=O)OC(C)(C)C)N(C(=O)C(CO)NC(=O)OC(C)(C)C)C(C)C)cc1C. The normalized spacial score (nSPS) is 13.8. The summed E-state index contributed by atoms with van der Waals surface area (Å²) in [5.41, 5.74) is 1.57. The Morgan fingerprint density at radius 1 is 0.818 bits per heavy atom. The molecule has 2 aromatic rings. The Kier molecular flexibility index (Phi) is 12.5. The lowest BCUT2D eigenvalue weighted by atomic mass is 9.96. The van der Waals surface area contributed by atoms with Crippen molar-refractivity contribution in [3.8, 4) is 0 Å². The second kappa shape index (κ2) is 15.2. The summed E-state index contributed by atoms with van der Waals surface area (Å²) in [5, 5.41) is 15.4. The molecule has 0 aliphatic carbocycles. The zero-order chi connectivity index (χ0) is 33.4. The summed E-state index contributed by atoms with van der Waals surface area (Å²) < 4.78 is 11.0. The lowest BCUT2D eigenvalue weighted by Gasteiger charge is -2.37. The van der Waals surface area contributed by atoms with Crippen LogP contribution in [0.15, 0.2) is 48.5 Å². The Morgan fingerprint density at radius 2 is 1.41 bits per heavy atom. The second-order valence-electron chi connectivity index (χ2n) is 13.3. The third kappa shape index (κ3) is 11.0. The number of benzene rings is 2. The molecule has 44 heavy (non-hydrogen) atoms. The number of nitrogens with zero attached hydrogens (tertiary/aromatic N) is 1. The summed E-state index contributed by atoms with van der Waals surface area (Å²) in [6.45, 7) is 16.9. The minimum atomic E-state index is -1.39. The molecule has 10 nitrogen and oxygen atoms in total. The molecule has 0 radical (unpaired) electrons. The number of ether oxygens (including phenoxy) is 2. The number of nitrogens with one attached hydrogen (secondary N) is 2. The summed E-state index contributed by atoms with van der Waals surface area (Å²) in [4.78, 5) is 55.5. The molecule has 2 rings (SSSR count). The summed E-state index contributed by atoms with van der Waals surface area (Å²) in [7, 11) is 0. The van der Waals surface area contributed by atoms with E-state index in [0.717, 1.165) is 16.7 Å². The Labute approximate surface area is 261 Å². The lowest BCUT2D eigenvalue weighted by Crippen LogP contribution is -2.57. The van der Waals surface area contributed by atoms with E-state index in [-0.39, 0.29) is 6.42 Å². The van der Waals surface area contributed by atoms with Crippen molar-refractivity contribution >= 4 is 23.9 Å². The monoisotopic (exact) mass is 611 g/mol. The fraction of sp³-hybridized carbons (Fsp3) is 0.529. The van der Waals surface area contributed by atoms with E-state index in [4.69, 9.17) is 9.47 Å². The number of aliphatic hydroxyl groups excluding tert-OH is 1. The van der Waals surface area contributed by atoms with Crippen LogP contribution >= 0.6 is 0 Å². The van der Waals surface area contributed by atoms with Gasteiger partial charge >= 0.3 is 12.1 Å². The average Bonchev–Trinajstić information content (AvgIpc) is 2.89. The molecule has 0 heterocycles. The van der Waals surface area contributed by atoms with Gasteiger partial charge in [0, 0.05) is 12.5 Å². The molecule has 0 saturated carbocycles. The van der Waals surface area contributed by atoms with E-state index in [9.17, 15) is 24.3 Å². The minimum absolute atomic E-state index is 0.163. The zero-order valence-corrected chi connectivity index (χ0v) is 27.7. The first-order valence-electron chi connectivity index (χ1n) is 14.9. The maximum atomic E-state index is 14.3. The Hall–Kier alpha value is -3.92. The van der Waals surface area contributed by atoms with Gasteiger partial charge in [-0.05, 0) is 91.5 Å². The molecule has 3 amide bonds. The van der Waals surface area contributed by atoms with Crippen LogP contribution in [0.25, 0.3) is 0 Å². The van der Waals surface area contributed by atoms with Crippen molar-refractivity contribution in [2.45, 2.75) is 111 Å². The summed E-state index contributed by atoms with van der Waals surface area (Å²) in [6.07, 6.45) is -0.718. The Bertz CT molecular complexity index is 1300. The molecule has 0 bridgehead atoms. The highest BCUT2D eigenvalue weighted by molar-refractivity contribution is 5.94. The van der Waals surface area contributed by atoms with Crippen molar-refractivity contribution in [1.82, 2.24) is 15.5 Å². The van der Waals surface area contributed by atoms with Crippen LogP contribution in [0.5, 0.6) is 0 Å². The summed E-state index contributed by atoms with van der Waals surface area (Å²) in [6, 6.07) is 10.4. The highest BCUT2D eigenvalue weighted by Gasteiger charge is 2.39. The number of aliphatic hydroxyl groups is 1. The number of aryl methyl sites for hydroxylation is 2. The number of hydrogen-bond donors (Lipinski definition) is 3. The number of carbonyl (C=O) groups is 4. The van der Waals surface area contributed by atoms with Crippen molar-refractivity contribution < 1.29 is 33.8 Å². The molecule has 0 spiro atoms. The van der Waals surface area contributed by atoms with E-state index in [1.807, 2.05) is 56.3 Å². The minimum Gasteiger partial charge on any atom is -0.458 e. The molecule has 2 aromatic carbocycles. The van der Waals surface area contributed by atoms with Gasteiger partial charge in [-0.1, -0.05) is 48.5 Å². The first-order chi connectivity index (χ1) is 20.3. The maximum absolute atomic E-state index is 14.3. The first-order valence-corrected chi connectivity index (χ1v) is 14.9. The van der Waals surface area contributed by atoms with Crippen LogP contribution < -0.4 is 10.6 Å². The molecular weight excluding hydrogens is 562 g/mol. The van der Waals surface area contributed by atoms with E-state index in [2.05, 4.69) is 10.6 Å². The molecule has 3 N–H and O–H groups in total. The standard InChI is InChI=1S/C34H49N3O7/c1-21(2)37(30(40)27(20-38)36-32(42)44-34(8,9)10)28(25-17-16-22(3)23(4)18-25)29(39)35-26(31(41)43-33(5,6)7)19-24-14-12-11-13-15-24/h11-18,21,26-28,38H,19-20H2,1-10H3,(H,35,39)(H,36,42). The summed E-state index contributed by atoms with van der Waals surface area (Å²) in [5.74, 6) is -1.92. The topological polar surface area (TPSA) is 134 Å².